The summed E-state index contributed by atoms with van der Waals surface area (Å²) in [4.78, 5) is 79.6. The first kappa shape index (κ1) is 68.6. The third kappa shape index (κ3) is 88.9. The molecule has 0 amide bonds. The van der Waals surface area contributed by atoms with Gasteiger partial charge in [0.1, 0.15) is 18.1 Å². The molecule has 0 saturated carbocycles. The summed E-state index contributed by atoms with van der Waals surface area (Å²) in [5, 5.41) is 63.1. The van der Waals surface area contributed by atoms with E-state index in [2.05, 4.69) is 15.0 Å². The third-order valence-corrected chi connectivity index (χ3v) is 5.67. The van der Waals surface area contributed by atoms with Crippen molar-refractivity contribution in [3.8, 4) is 0 Å². The number of carbonyl (C=O) groups excluding carboxylic acids is 4. The van der Waals surface area contributed by atoms with Crippen molar-refractivity contribution in [3.63, 3.8) is 0 Å². The molecule has 21 N–H and O–H groups in total. The minimum Gasteiger partial charge on any atom is -0.550 e. The van der Waals surface area contributed by atoms with Crippen LogP contribution in [0.25, 0.3) is 0 Å². The van der Waals surface area contributed by atoms with Crippen molar-refractivity contribution in [3.05, 3.63) is 0 Å². The molecule has 0 aromatic rings. The molecule has 0 fully saturated rings. The van der Waals surface area contributed by atoms with Crippen molar-refractivity contribution in [2.75, 3.05) is 19.6 Å². The fraction of sp³-hybridized carbons (Fsp3) is 0.706. The Bertz CT molecular complexity index is 1070. The van der Waals surface area contributed by atoms with E-state index in [9.17, 15) is 54.0 Å². The van der Waals surface area contributed by atoms with Crippen molar-refractivity contribution in [1.82, 2.24) is 0 Å². The first-order valence-electron chi connectivity index (χ1n) is 18.6. The Labute approximate surface area is 350 Å². The van der Waals surface area contributed by atoms with Crippen molar-refractivity contribution in [1.29, 1.82) is 0 Å². The average molecular weight is 871 g/mol. The monoisotopic (exact) mass is 871 g/mol. The summed E-state index contributed by atoms with van der Waals surface area (Å²) in [5.74, 6) is -6.80. The fourth-order valence-corrected chi connectivity index (χ4v) is 2.74. The second kappa shape index (κ2) is 51.0. The first-order chi connectivity index (χ1) is 27.7. The second-order valence-corrected chi connectivity index (χ2v) is 11.7. The van der Waals surface area contributed by atoms with Gasteiger partial charge >= 0.3 is 17.9 Å². The number of carboxylic acids is 7. The number of aliphatic imine (C=N–C) groups is 3. The summed E-state index contributed by atoms with van der Waals surface area (Å²) < 4.78 is 0. The molecule has 0 bridgehead atoms. The van der Waals surface area contributed by atoms with Gasteiger partial charge in [0.25, 0.3) is 0 Å². The molecule has 0 aliphatic rings. The Morgan fingerprint density at radius 2 is 0.583 bits per heavy atom. The van der Waals surface area contributed by atoms with Gasteiger partial charge in [-0.1, -0.05) is 53.4 Å². The van der Waals surface area contributed by atoms with E-state index in [4.69, 9.17) is 66.9 Å². The van der Waals surface area contributed by atoms with E-state index in [1.54, 1.807) is 27.7 Å². The van der Waals surface area contributed by atoms with Crippen molar-refractivity contribution in [2.24, 2.45) is 66.6 Å². The van der Waals surface area contributed by atoms with Crippen LogP contribution in [0.15, 0.2) is 15.0 Å². The highest BCUT2D eigenvalue weighted by atomic mass is 16.4. The first-order valence-corrected chi connectivity index (χ1v) is 18.6. The second-order valence-electron chi connectivity index (χ2n) is 11.7. The van der Waals surface area contributed by atoms with Gasteiger partial charge in [0.15, 0.2) is 17.9 Å². The van der Waals surface area contributed by atoms with Crippen LogP contribution in [-0.2, 0) is 33.6 Å². The molecule has 0 unspecified atom stereocenters. The maximum absolute atomic E-state index is 10.2. The number of nitrogens with two attached hydrogens (primary N) is 9. The molecule has 0 aliphatic heterocycles. The molecular formula is C34H70N12O14-4. The lowest BCUT2D eigenvalue weighted by Crippen LogP contribution is -2.30. The van der Waals surface area contributed by atoms with Gasteiger partial charge in [-0.15, -0.1) is 0 Å². The molecule has 60 heavy (non-hydrogen) atoms. The van der Waals surface area contributed by atoms with Gasteiger partial charge in [0.2, 0.25) is 0 Å². The van der Waals surface area contributed by atoms with E-state index < -0.39 is 59.9 Å². The number of rotatable bonds is 23. The summed E-state index contributed by atoms with van der Waals surface area (Å²) in [5.41, 5.74) is 46.0. The van der Waals surface area contributed by atoms with E-state index in [1.165, 1.54) is 0 Å². The molecule has 3 atom stereocenters. The summed E-state index contributed by atoms with van der Waals surface area (Å²) in [6, 6.07) is -2.46. The van der Waals surface area contributed by atoms with Gasteiger partial charge in [0, 0.05) is 43.5 Å². The highest BCUT2D eigenvalue weighted by Crippen LogP contribution is 1.96. The summed E-state index contributed by atoms with van der Waals surface area (Å²) in [7, 11) is 0. The molecule has 0 heterocycles. The number of hydrogen-bond donors (Lipinski definition) is 12. The van der Waals surface area contributed by atoms with E-state index in [-0.39, 0.29) is 43.6 Å². The Hall–Kier alpha value is -6.02. The Balaban J connectivity index is -0.000000112. The number of carbonyl (C=O) groups is 7. The molecule has 0 radical (unpaired) electrons. The maximum atomic E-state index is 10.2. The van der Waals surface area contributed by atoms with Gasteiger partial charge in [-0.05, 0) is 64.2 Å². The zero-order valence-corrected chi connectivity index (χ0v) is 35.1. The lowest BCUT2D eigenvalue weighted by atomic mass is 10.2. The number of nitrogens with zero attached hydrogens (tertiary/aromatic N) is 3. The quantitative estimate of drug-likeness (QED) is 0.0258. The Morgan fingerprint density at radius 3 is 0.667 bits per heavy atom. The van der Waals surface area contributed by atoms with Crippen molar-refractivity contribution >= 4 is 59.7 Å². The van der Waals surface area contributed by atoms with Gasteiger partial charge in [-0.3, -0.25) is 29.4 Å². The zero-order valence-electron chi connectivity index (χ0n) is 35.1. The van der Waals surface area contributed by atoms with Crippen LogP contribution < -0.4 is 72.0 Å². The molecule has 0 aromatic heterocycles. The highest BCUT2D eigenvalue weighted by molar-refractivity contribution is 5.76. The number of carboxylic acid groups (broad SMARTS) is 7. The van der Waals surface area contributed by atoms with Crippen LogP contribution >= 0.6 is 0 Å². The zero-order chi connectivity index (χ0) is 48.6. The van der Waals surface area contributed by atoms with E-state index in [0.29, 0.717) is 83.8 Å². The molecule has 0 saturated heterocycles. The maximum Gasteiger partial charge on any atom is 0.320 e. The molecule has 0 spiro atoms. The van der Waals surface area contributed by atoms with Gasteiger partial charge in [-0.25, -0.2) is 0 Å². The molecule has 26 nitrogen and oxygen atoms in total. The SMILES string of the molecule is CCCC(=O)[O-].CCCC(=O)[O-].CCCC(=O)[O-].CCCC(=O)[O-].NC(N)=NCCC[C@H](N)C(=O)O.NC(N)=NCCC[C@H](N)C(=O)O.NC(N)=NCCC[C@H](N)C(=O)O. The number of hydrogen-bond acceptors (Lipinski definition) is 17. The summed E-state index contributed by atoms with van der Waals surface area (Å²) in [6.45, 7) is 8.47. The minimum atomic E-state index is -1.00. The standard InChI is InChI=1S/3C6H14N4O2.4C4H8O2/c3*7-4(5(11)12)2-1-3-10-6(8)9;4*1-2-3-4(5)6/h3*4H,1-3,7H2,(H,11,12)(H4,8,9,10);4*2-3H2,1H3,(H,5,6)/p-4/t3*4-;;;;/m000..../s1. The van der Waals surface area contributed by atoms with Crippen LogP contribution in [0.3, 0.4) is 0 Å². The van der Waals surface area contributed by atoms with Gasteiger partial charge in [-0.2, -0.15) is 0 Å². The van der Waals surface area contributed by atoms with Crippen LogP contribution in [0.4, 0.5) is 0 Å². The van der Waals surface area contributed by atoms with Crippen LogP contribution in [-0.4, -0.2) is 113 Å². The smallest absolute Gasteiger partial charge is 0.320 e. The average Bonchev–Trinajstić information content (AvgIpc) is 3.11. The van der Waals surface area contributed by atoms with Crippen LogP contribution in [0.5, 0.6) is 0 Å². The van der Waals surface area contributed by atoms with Crippen LogP contribution in [0.2, 0.25) is 0 Å². The molecule has 354 valence electrons. The van der Waals surface area contributed by atoms with E-state index in [0.717, 1.165) is 0 Å². The Kier molecular flexibility index (Phi) is 58.3. The van der Waals surface area contributed by atoms with Gasteiger partial charge in [0.05, 0.1) is 0 Å². The van der Waals surface area contributed by atoms with Crippen molar-refractivity contribution in [2.45, 2.75) is 136 Å². The summed E-state index contributed by atoms with van der Waals surface area (Å²) in [6.07, 6.45) is 6.27. The fourth-order valence-electron chi connectivity index (χ4n) is 2.74. The highest BCUT2D eigenvalue weighted by Gasteiger charge is 2.11. The molecular weight excluding hydrogens is 800 g/mol. The Morgan fingerprint density at radius 1 is 0.417 bits per heavy atom. The molecule has 0 aromatic carbocycles. The lowest BCUT2D eigenvalue weighted by molar-refractivity contribution is -0.307. The largest absolute Gasteiger partial charge is 0.550 e. The van der Waals surface area contributed by atoms with Gasteiger partial charge < -0.3 is 107 Å². The lowest BCUT2D eigenvalue weighted by Gasteiger charge is -2.03. The van der Waals surface area contributed by atoms with E-state index in [1.807, 2.05) is 0 Å². The van der Waals surface area contributed by atoms with Crippen LogP contribution in [0.1, 0.15) is 118 Å². The third-order valence-electron chi connectivity index (χ3n) is 5.67. The minimum absolute atomic E-state index is 0.0129. The number of aliphatic carboxylic acids is 7. The molecule has 0 rings (SSSR count). The topological polar surface area (TPSA) is 544 Å². The van der Waals surface area contributed by atoms with Crippen LogP contribution in [0, 0.1) is 0 Å². The predicted molar refractivity (Wildman–Crippen MR) is 216 cm³/mol. The van der Waals surface area contributed by atoms with E-state index >= 15 is 0 Å². The predicted octanol–water partition coefficient (Wildman–Crippen LogP) is -6.50. The molecule has 26 heteroatoms. The molecule has 0 aliphatic carbocycles. The normalized spacial score (nSPS) is 10.5. The summed E-state index contributed by atoms with van der Waals surface area (Å²) >= 11 is 0. The van der Waals surface area contributed by atoms with Crippen molar-refractivity contribution < 1.29 is 69.3 Å². The number of guanidine groups is 3.